The van der Waals surface area contributed by atoms with E-state index in [1.807, 2.05) is 19.1 Å². The Labute approximate surface area is 78.0 Å². The van der Waals surface area contributed by atoms with Crippen LogP contribution in [0.1, 0.15) is 12.5 Å². The van der Waals surface area contributed by atoms with Crippen LogP contribution in [-0.2, 0) is 0 Å². The largest absolute Gasteiger partial charge is 0.399 e. The van der Waals surface area contributed by atoms with Crippen LogP contribution in [0.3, 0.4) is 0 Å². The van der Waals surface area contributed by atoms with Gasteiger partial charge in [0.1, 0.15) is 5.82 Å². The molecule has 1 rings (SSSR count). The molecule has 3 heteroatoms. The van der Waals surface area contributed by atoms with E-state index in [1.165, 1.54) is 0 Å². The zero-order valence-electron chi connectivity index (χ0n) is 7.67. The molecule has 1 aromatic rings. The van der Waals surface area contributed by atoms with Crippen molar-refractivity contribution in [3.63, 3.8) is 0 Å². The molecule has 3 nitrogen and oxygen atoms in total. The van der Waals surface area contributed by atoms with Crippen LogP contribution in [-0.4, -0.2) is 4.98 Å². The summed E-state index contributed by atoms with van der Waals surface area (Å²) in [5, 5.41) is 3.00. The summed E-state index contributed by atoms with van der Waals surface area (Å²) in [5.41, 5.74) is 7.79. The maximum atomic E-state index is 5.54. The molecule has 0 unspecified atom stereocenters. The van der Waals surface area contributed by atoms with E-state index in [0.29, 0.717) is 5.70 Å². The number of anilines is 1. The van der Waals surface area contributed by atoms with Crippen LogP contribution in [0.25, 0.3) is 5.70 Å². The second-order valence-electron chi connectivity index (χ2n) is 2.86. The minimum absolute atomic E-state index is 0.534. The number of nitrogens with one attached hydrogen (secondary N) is 1. The maximum Gasteiger partial charge on any atom is 0.130 e. The molecule has 0 aliphatic rings. The van der Waals surface area contributed by atoms with Crippen molar-refractivity contribution in [3.05, 3.63) is 42.7 Å². The second kappa shape index (κ2) is 3.76. The summed E-state index contributed by atoms with van der Waals surface area (Å²) in [6, 6.07) is 3.64. The summed E-state index contributed by atoms with van der Waals surface area (Å²) < 4.78 is 0. The lowest BCUT2D eigenvalue weighted by molar-refractivity contribution is 1.25. The van der Waals surface area contributed by atoms with Gasteiger partial charge in [0.25, 0.3) is 0 Å². The molecular formula is C10H13N3. The number of hydrogen-bond donors (Lipinski definition) is 2. The van der Waals surface area contributed by atoms with E-state index in [1.54, 1.807) is 6.20 Å². The van der Waals surface area contributed by atoms with Gasteiger partial charge < -0.3 is 11.1 Å². The summed E-state index contributed by atoms with van der Waals surface area (Å²) >= 11 is 0. The Balaban J connectivity index is 2.91. The lowest BCUT2D eigenvalue weighted by Crippen LogP contribution is -1.99. The highest BCUT2D eigenvalue weighted by Crippen LogP contribution is 2.11. The number of rotatable bonds is 3. The fraction of sp³-hybridized carbons (Fsp3) is 0.100. The second-order valence-corrected chi connectivity index (χ2v) is 2.86. The fourth-order valence-corrected chi connectivity index (χ4v) is 0.917. The van der Waals surface area contributed by atoms with Crippen molar-refractivity contribution in [2.75, 3.05) is 5.32 Å². The Morgan fingerprint density at radius 3 is 2.77 bits per heavy atom. The maximum absolute atomic E-state index is 5.54. The highest BCUT2D eigenvalue weighted by molar-refractivity contribution is 5.63. The van der Waals surface area contributed by atoms with Crippen LogP contribution < -0.4 is 11.1 Å². The van der Waals surface area contributed by atoms with Gasteiger partial charge in [0, 0.05) is 23.2 Å². The average molecular weight is 175 g/mol. The van der Waals surface area contributed by atoms with Crippen molar-refractivity contribution in [3.8, 4) is 0 Å². The highest BCUT2D eigenvalue weighted by Gasteiger charge is 1.97. The van der Waals surface area contributed by atoms with Crippen LogP contribution in [0.4, 0.5) is 5.82 Å². The van der Waals surface area contributed by atoms with E-state index >= 15 is 0 Å². The quantitative estimate of drug-likeness (QED) is 0.738. The first-order chi connectivity index (χ1) is 6.09. The molecule has 0 bridgehead atoms. The molecule has 0 fully saturated rings. The van der Waals surface area contributed by atoms with Gasteiger partial charge in [0.15, 0.2) is 0 Å². The van der Waals surface area contributed by atoms with Crippen LogP contribution in [0.2, 0.25) is 0 Å². The minimum Gasteiger partial charge on any atom is -0.399 e. The predicted octanol–water partition coefficient (Wildman–Crippen LogP) is 1.96. The molecule has 0 amide bonds. The van der Waals surface area contributed by atoms with Gasteiger partial charge in [-0.1, -0.05) is 13.2 Å². The summed E-state index contributed by atoms with van der Waals surface area (Å²) in [4.78, 5) is 4.09. The zero-order valence-corrected chi connectivity index (χ0v) is 7.67. The summed E-state index contributed by atoms with van der Waals surface area (Å²) in [6.45, 7) is 9.23. The van der Waals surface area contributed by atoms with Crippen LogP contribution >= 0.6 is 0 Å². The molecule has 1 aromatic heterocycles. The SMILES string of the molecule is C=C(C)Nc1cc(C(=C)N)ccn1. The first-order valence-electron chi connectivity index (χ1n) is 3.93. The van der Waals surface area contributed by atoms with Crippen molar-refractivity contribution >= 4 is 11.5 Å². The van der Waals surface area contributed by atoms with E-state index < -0.39 is 0 Å². The first kappa shape index (κ1) is 9.32. The van der Waals surface area contributed by atoms with E-state index in [0.717, 1.165) is 17.1 Å². The molecule has 1 heterocycles. The smallest absolute Gasteiger partial charge is 0.130 e. The molecular weight excluding hydrogens is 162 g/mol. The van der Waals surface area contributed by atoms with Crippen molar-refractivity contribution in [1.29, 1.82) is 0 Å². The predicted molar refractivity (Wildman–Crippen MR) is 55.9 cm³/mol. The van der Waals surface area contributed by atoms with Crippen molar-refractivity contribution < 1.29 is 0 Å². The Hall–Kier alpha value is -1.77. The lowest BCUT2D eigenvalue weighted by Gasteiger charge is -2.05. The lowest BCUT2D eigenvalue weighted by atomic mass is 10.2. The van der Waals surface area contributed by atoms with Crippen LogP contribution in [0.5, 0.6) is 0 Å². The minimum atomic E-state index is 0.534. The molecule has 0 aliphatic carbocycles. The molecule has 3 N–H and O–H groups in total. The molecule has 0 spiro atoms. The highest BCUT2D eigenvalue weighted by atomic mass is 15.0. The molecule has 0 saturated heterocycles. The number of allylic oxidation sites excluding steroid dienone is 1. The molecule has 13 heavy (non-hydrogen) atoms. The Morgan fingerprint density at radius 2 is 2.23 bits per heavy atom. The molecule has 0 radical (unpaired) electrons. The van der Waals surface area contributed by atoms with Crippen molar-refractivity contribution in [2.24, 2.45) is 5.73 Å². The van der Waals surface area contributed by atoms with Crippen LogP contribution in [0, 0.1) is 0 Å². The molecule has 0 aliphatic heterocycles. The van der Waals surface area contributed by atoms with E-state index in [-0.39, 0.29) is 0 Å². The summed E-state index contributed by atoms with van der Waals surface area (Å²) in [5.74, 6) is 0.733. The van der Waals surface area contributed by atoms with Gasteiger partial charge in [-0.25, -0.2) is 4.98 Å². The molecule has 68 valence electrons. The first-order valence-corrected chi connectivity index (χ1v) is 3.93. The number of nitrogens with two attached hydrogens (primary N) is 1. The molecule has 0 aromatic carbocycles. The zero-order chi connectivity index (χ0) is 9.84. The third kappa shape index (κ3) is 2.63. The average Bonchev–Trinajstić information content (AvgIpc) is 2.03. The Kier molecular flexibility index (Phi) is 2.69. The van der Waals surface area contributed by atoms with Gasteiger partial charge in [-0.2, -0.15) is 0 Å². The summed E-state index contributed by atoms with van der Waals surface area (Å²) in [7, 11) is 0. The third-order valence-electron chi connectivity index (χ3n) is 1.47. The molecule has 0 atom stereocenters. The monoisotopic (exact) mass is 175 g/mol. The van der Waals surface area contributed by atoms with Gasteiger partial charge in [-0.15, -0.1) is 0 Å². The Morgan fingerprint density at radius 1 is 1.54 bits per heavy atom. The van der Waals surface area contributed by atoms with Gasteiger partial charge in [-0.05, 0) is 19.1 Å². The fourth-order valence-electron chi connectivity index (χ4n) is 0.917. The van der Waals surface area contributed by atoms with E-state index in [2.05, 4.69) is 23.5 Å². The Bertz CT molecular complexity index is 342. The number of aromatic nitrogens is 1. The van der Waals surface area contributed by atoms with Gasteiger partial charge >= 0.3 is 0 Å². The number of pyridine rings is 1. The molecule has 0 saturated carbocycles. The number of nitrogens with zero attached hydrogens (tertiary/aromatic N) is 1. The normalized spacial score (nSPS) is 9.31. The van der Waals surface area contributed by atoms with Crippen LogP contribution in [0.15, 0.2) is 37.2 Å². The topological polar surface area (TPSA) is 50.9 Å². The van der Waals surface area contributed by atoms with Gasteiger partial charge in [-0.3, -0.25) is 0 Å². The van der Waals surface area contributed by atoms with Crippen molar-refractivity contribution in [1.82, 2.24) is 4.98 Å². The van der Waals surface area contributed by atoms with E-state index in [4.69, 9.17) is 5.73 Å². The van der Waals surface area contributed by atoms with Gasteiger partial charge in [0.2, 0.25) is 0 Å². The third-order valence-corrected chi connectivity index (χ3v) is 1.47. The van der Waals surface area contributed by atoms with E-state index in [9.17, 15) is 0 Å². The van der Waals surface area contributed by atoms with Crippen molar-refractivity contribution in [2.45, 2.75) is 6.92 Å². The standard InChI is InChI=1S/C10H13N3/c1-7(2)13-10-6-9(8(3)11)4-5-12-10/h4-6H,1,3,11H2,2H3,(H,12,13). The number of hydrogen-bond acceptors (Lipinski definition) is 3. The van der Waals surface area contributed by atoms with Gasteiger partial charge in [0.05, 0.1) is 0 Å². The summed E-state index contributed by atoms with van der Waals surface area (Å²) in [6.07, 6.45) is 1.68.